The number of aromatic nitrogens is 1. The predicted molar refractivity (Wildman–Crippen MR) is 53.3 cm³/mol. The molecule has 0 bridgehead atoms. The highest BCUT2D eigenvalue weighted by molar-refractivity contribution is 6.36. The Labute approximate surface area is 90.8 Å². The summed E-state index contributed by atoms with van der Waals surface area (Å²) in [5.74, 6) is 0. The van der Waals surface area contributed by atoms with Crippen molar-refractivity contribution in [3.63, 3.8) is 0 Å². The quantitative estimate of drug-likeness (QED) is 0.577. The molecule has 0 amide bonds. The van der Waals surface area contributed by atoms with Crippen LogP contribution in [0.5, 0.6) is 0 Å². The molecule has 1 aliphatic rings. The molecule has 1 fully saturated rings. The first-order chi connectivity index (χ1) is 6.69. The third-order valence-corrected chi connectivity index (χ3v) is 2.88. The Morgan fingerprint density at radius 3 is 2.36 bits per heavy atom. The molecule has 72 valence electrons. The van der Waals surface area contributed by atoms with Crippen molar-refractivity contribution in [2.45, 2.75) is 18.4 Å². The van der Waals surface area contributed by atoms with Crippen LogP contribution in [0.25, 0.3) is 0 Å². The molecule has 3 nitrogen and oxygen atoms in total. The maximum Gasteiger partial charge on any atom is 0.235 e. The standard InChI is InChI=1S/C9H6Cl2N2O/c10-6-3-12-4-7(11)8(6)9(1-2-9)13-5-14/h3-4H,1-2H2. The number of hydrogen-bond donors (Lipinski definition) is 0. The van der Waals surface area contributed by atoms with Crippen LogP contribution < -0.4 is 0 Å². The molecular formula is C9H6Cl2N2O. The summed E-state index contributed by atoms with van der Waals surface area (Å²) in [4.78, 5) is 17.9. The Morgan fingerprint density at radius 2 is 1.93 bits per heavy atom. The van der Waals surface area contributed by atoms with E-state index in [0.29, 0.717) is 15.6 Å². The number of aliphatic imine (C=N–C) groups is 1. The Bertz CT molecular complexity index is 403. The number of rotatable bonds is 2. The van der Waals surface area contributed by atoms with Gasteiger partial charge in [0.15, 0.2) is 0 Å². The van der Waals surface area contributed by atoms with Crippen molar-refractivity contribution in [3.05, 3.63) is 28.0 Å². The minimum Gasteiger partial charge on any atom is -0.262 e. The normalized spacial score (nSPS) is 17.3. The minimum absolute atomic E-state index is 0.453. The Kier molecular flexibility index (Phi) is 2.31. The van der Waals surface area contributed by atoms with Crippen molar-refractivity contribution in [3.8, 4) is 0 Å². The number of halogens is 2. The first kappa shape index (κ1) is 9.66. The lowest BCUT2D eigenvalue weighted by Gasteiger charge is -2.11. The van der Waals surface area contributed by atoms with Crippen LogP contribution in [-0.2, 0) is 10.3 Å². The third kappa shape index (κ3) is 1.44. The fourth-order valence-corrected chi connectivity index (χ4v) is 2.20. The molecule has 0 N–H and O–H groups in total. The van der Waals surface area contributed by atoms with Crippen LogP contribution in [0.4, 0.5) is 0 Å². The Hall–Kier alpha value is -0.890. The molecular weight excluding hydrogens is 223 g/mol. The van der Waals surface area contributed by atoms with E-state index in [4.69, 9.17) is 23.2 Å². The first-order valence-electron chi connectivity index (χ1n) is 4.08. The molecule has 0 saturated heterocycles. The lowest BCUT2D eigenvalue weighted by molar-refractivity contribution is 0.556. The summed E-state index contributed by atoms with van der Waals surface area (Å²) in [6.45, 7) is 0. The Morgan fingerprint density at radius 1 is 1.36 bits per heavy atom. The molecule has 0 spiro atoms. The van der Waals surface area contributed by atoms with Crippen LogP contribution in [0.2, 0.25) is 10.0 Å². The number of pyridine rings is 1. The predicted octanol–water partition coefficient (Wildman–Crippen LogP) is 2.71. The van der Waals surface area contributed by atoms with E-state index in [9.17, 15) is 4.79 Å². The monoisotopic (exact) mass is 228 g/mol. The largest absolute Gasteiger partial charge is 0.262 e. The molecule has 0 atom stereocenters. The van der Waals surface area contributed by atoms with Gasteiger partial charge in [0.25, 0.3) is 0 Å². The van der Waals surface area contributed by atoms with Gasteiger partial charge in [0.1, 0.15) is 5.54 Å². The molecule has 0 aliphatic heterocycles. The van der Waals surface area contributed by atoms with Gasteiger partial charge in [0, 0.05) is 18.0 Å². The summed E-state index contributed by atoms with van der Waals surface area (Å²) in [5, 5.41) is 0.906. The first-order valence-corrected chi connectivity index (χ1v) is 4.84. The van der Waals surface area contributed by atoms with Crippen LogP contribution in [0.1, 0.15) is 18.4 Å². The van der Waals surface area contributed by atoms with E-state index in [2.05, 4.69) is 9.98 Å². The fraction of sp³-hybridized carbons (Fsp3) is 0.333. The van der Waals surface area contributed by atoms with Gasteiger partial charge in [0.2, 0.25) is 6.08 Å². The van der Waals surface area contributed by atoms with Gasteiger partial charge in [0.05, 0.1) is 10.0 Å². The lowest BCUT2D eigenvalue weighted by atomic mass is 10.1. The van der Waals surface area contributed by atoms with Crippen molar-refractivity contribution < 1.29 is 4.79 Å². The van der Waals surface area contributed by atoms with Gasteiger partial charge >= 0.3 is 0 Å². The van der Waals surface area contributed by atoms with Crippen LogP contribution in [-0.4, -0.2) is 11.1 Å². The van der Waals surface area contributed by atoms with E-state index in [0.717, 1.165) is 12.8 Å². The highest BCUT2D eigenvalue weighted by Gasteiger charge is 2.47. The summed E-state index contributed by atoms with van der Waals surface area (Å²) in [6.07, 6.45) is 6.13. The van der Waals surface area contributed by atoms with Crippen LogP contribution >= 0.6 is 23.2 Å². The Balaban J connectivity index is 2.56. The average molecular weight is 229 g/mol. The highest BCUT2D eigenvalue weighted by Crippen LogP contribution is 2.53. The average Bonchev–Trinajstić information content (AvgIpc) is 2.86. The molecule has 1 aromatic rings. The topological polar surface area (TPSA) is 42.3 Å². The SMILES string of the molecule is O=C=NC1(c2c(Cl)cncc2Cl)CC1. The molecule has 1 saturated carbocycles. The summed E-state index contributed by atoms with van der Waals surface area (Å²) in [5.41, 5.74) is 0.165. The van der Waals surface area contributed by atoms with E-state index in [-0.39, 0.29) is 0 Å². The maximum atomic E-state index is 10.3. The molecule has 1 aliphatic carbocycles. The van der Waals surface area contributed by atoms with Crippen molar-refractivity contribution in [1.29, 1.82) is 0 Å². The van der Waals surface area contributed by atoms with Gasteiger partial charge in [-0.1, -0.05) is 23.2 Å². The molecule has 0 aromatic carbocycles. The zero-order valence-electron chi connectivity index (χ0n) is 7.13. The van der Waals surface area contributed by atoms with E-state index in [1.807, 2.05) is 0 Å². The van der Waals surface area contributed by atoms with Crippen LogP contribution in [0.3, 0.4) is 0 Å². The molecule has 2 rings (SSSR count). The molecule has 5 heteroatoms. The van der Waals surface area contributed by atoms with Gasteiger partial charge < -0.3 is 0 Å². The van der Waals surface area contributed by atoms with Gasteiger partial charge in [-0.2, -0.15) is 4.99 Å². The zero-order chi connectivity index (χ0) is 10.2. The summed E-state index contributed by atoms with van der Waals surface area (Å²) in [6, 6.07) is 0. The van der Waals surface area contributed by atoms with E-state index in [1.165, 1.54) is 12.4 Å². The zero-order valence-corrected chi connectivity index (χ0v) is 8.64. The highest BCUT2D eigenvalue weighted by atomic mass is 35.5. The van der Waals surface area contributed by atoms with Crippen molar-refractivity contribution >= 4 is 29.3 Å². The van der Waals surface area contributed by atoms with E-state index in [1.54, 1.807) is 6.08 Å². The second-order valence-corrected chi connectivity index (χ2v) is 4.03. The molecule has 14 heavy (non-hydrogen) atoms. The minimum atomic E-state index is -0.529. The molecule has 1 aromatic heterocycles. The maximum absolute atomic E-state index is 10.3. The molecule has 0 unspecified atom stereocenters. The van der Waals surface area contributed by atoms with Crippen LogP contribution in [0.15, 0.2) is 17.4 Å². The number of isocyanates is 1. The summed E-state index contributed by atoms with van der Waals surface area (Å²) in [7, 11) is 0. The van der Waals surface area contributed by atoms with Crippen molar-refractivity contribution in [2.24, 2.45) is 4.99 Å². The van der Waals surface area contributed by atoms with Gasteiger partial charge in [-0.25, -0.2) is 4.79 Å². The van der Waals surface area contributed by atoms with Crippen molar-refractivity contribution in [1.82, 2.24) is 4.98 Å². The van der Waals surface area contributed by atoms with Gasteiger partial charge in [-0.05, 0) is 12.8 Å². The lowest BCUT2D eigenvalue weighted by Crippen LogP contribution is -2.04. The second kappa shape index (κ2) is 3.35. The fourth-order valence-electron chi connectivity index (χ4n) is 1.48. The van der Waals surface area contributed by atoms with Gasteiger partial charge in [-0.3, -0.25) is 4.98 Å². The number of hydrogen-bond acceptors (Lipinski definition) is 3. The van der Waals surface area contributed by atoms with Gasteiger partial charge in [-0.15, -0.1) is 0 Å². The summed E-state index contributed by atoms with van der Waals surface area (Å²) < 4.78 is 0. The number of nitrogens with zero attached hydrogens (tertiary/aromatic N) is 2. The second-order valence-electron chi connectivity index (χ2n) is 3.21. The van der Waals surface area contributed by atoms with E-state index < -0.39 is 5.54 Å². The molecule has 0 radical (unpaired) electrons. The van der Waals surface area contributed by atoms with Crippen molar-refractivity contribution in [2.75, 3.05) is 0 Å². The van der Waals surface area contributed by atoms with E-state index >= 15 is 0 Å². The number of carbonyl (C=O) groups excluding carboxylic acids is 1. The van der Waals surface area contributed by atoms with Crippen LogP contribution in [0, 0.1) is 0 Å². The summed E-state index contributed by atoms with van der Waals surface area (Å²) >= 11 is 11.9. The third-order valence-electron chi connectivity index (χ3n) is 2.30. The molecule has 1 heterocycles. The smallest absolute Gasteiger partial charge is 0.235 e.